The molecule has 1 aromatic carbocycles. The second-order valence-electron chi connectivity index (χ2n) is 6.01. The monoisotopic (exact) mass is 409 g/mol. The topological polar surface area (TPSA) is 48.0 Å². The van der Waals surface area contributed by atoms with Crippen LogP contribution in [0, 0.1) is 5.92 Å². The molecule has 1 aliphatic heterocycles. The predicted molar refractivity (Wildman–Crippen MR) is 98.5 cm³/mol. The van der Waals surface area contributed by atoms with E-state index in [2.05, 4.69) is 0 Å². The van der Waals surface area contributed by atoms with Crippen LogP contribution in [0.2, 0.25) is 0 Å². The van der Waals surface area contributed by atoms with Crippen molar-refractivity contribution >= 4 is 40.8 Å². The summed E-state index contributed by atoms with van der Waals surface area (Å²) in [6.07, 6.45) is -0.168. The highest BCUT2D eigenvalue weighted by Crippen LogP contribution is 2.42. The van der Waals surface area contributed by atoms with Crippen LogP contribution in [0.4, 0.5) is 0 Å². The molecule has 0 radical (unpaired) electrons. The number of cyclic esters (lactones) is 1. The predicted octanol–water partition coefficient (Wildman–Crippen LogP) is 4.17. The number of nitrogens with zero attached hydrogens (tertiary/aromatic N) is 1. The van der Waals surface area contributed by atoms with Crippen molar-refractivity contribution in [3.8, 4) is 11.5 Å². The van der Waals surface area contributed by atoms with Gasteiger partial charge in [-0.25, -0.2) is 4.90 Å². The number of ether oxygens (including phenoxy) is 3. The largest absolute Gasteiger partial charge is 0.497 e. The van der Waals surface area contributed by atoms with E-state index in [1.54, 1.807) is 25.2 Å². The summed E-state index contributed by atoms with van der Waals surface area (Å²) in [5, 5.41) is 0. The summed E-state index contributed by atoms with van der Waals surface area (Å²) >= 11 is 18.2. The summed E-state index contributed by atoms with van der Waals surface area (Å²) in [4.78, 5) is 14.2. The summed E-state index contributed by atoms with van der Waals surface area (Å²) in [6, 6.07) is 4.97. The molecule has 0 aromatic heterocycles. The first-order chi connectivity index (χ1) is 11.7. The maximum absolute atomic E-state index is 12.4. The molecule has 8 heteroatoms. The van der Waals surface area contributed by atoms with Crippen LogP contribution in [0.5, 0.6) is 11.5 Å². The third-order valence-electron chi connectivity index (χ3n) is 4.44. The Bertz CT molecular complexity index is 620. The number of benzene rings is 1. The molecular weight excluding hydrogens is 389 g/mol. The minimum absolute atomic E-state index is 0.0501. The SMILES string of the molecule is CCC(C)C1C(=O)OC(C(Cl)(Cl)Cl)N1Cc1ccc(OC)cc1OC. The smallest absolute Gasteiger partial charge is 0.325 e. The van der Waals surface area contributed by atoms with E-state index in [0.717, 1.165) is 12.0 Å². The van der Waals surface area contributed by atoms with Gasteiger partial charge in [-0.2, -0.15) is 0 Å². The quantitative estimate of drug-likeness (QED) is 0.520. The van der Waals surface area contributed by atoms with Crippen LogP contribution in [-0.2, 0) is 16.1 Å². The van der Waals surface area contributed by atoms with Gasteiger partial charge < -0.3 is 14.2 Å². The number of carbonyl (C=O) groups is 1. The third-order valence-corrected chi connectivity index (χ3v) is 5.00. The second kappa shape index (κ2) is 8.21. The molecule has 0 bridgehead atoms. The number of hydrogen-bond donors (Lipinski definition) is 0. The van der Waals surface area contributed by atoms with Crippen LogP contribution in [0.1, 0.15) is 25.8 Å². The maximum Gasteiger partial charge on any atom is 0.325 e. The Kier molecular flexibility index (Phi) is 6.71. The normalized spacial score (nSPS) is 22.6. The summed E-state index contributed by atoms with van der Waals surface area (Å²) in [6.45, 7) is 4.32. The second-order valence-corrected chi connectivity index (χ2v) is 8.38. The van der Waals surface area contributed by atoms with Crippen LogP contribution in [0.25, 0.3) is 0 Å². The molecule has 1 aromatic rings. The molecule has 3 unspecified atom stereocenters. The first-order valence-corrected chi connectivity index (χ1v) is 9.10. The van der Waals surface area contributed by atoms with Gasteiger partial charge in [0.2, 0.25) is 10.0 Å². The summed E-state index contributed by atoms with van der Waals surface area (Å²) in [7, 11) is 3.15. The molecule has 0 N–H and O–H groups in total. The molecule has 3 atom stereocenters. The number of alkyl halides is 3. The average Bonchev–Trinajstić information content (AvgIpc) is 2.91. The zero-order chi connectivity index (χ0) is 18.8. The van der Waals surface area contributed by atoms with E-state index >= 15 is 0 Å². The van der Waals surface area contributed by atoms with Crippen LogP contribution in [0.15, 0.2) is 18.2 Å². The van der Waals surface area contributed by atoms with E-state index in [0.29, 0.717) is 18.0 Å². The highest BCUT2D eigenvalue weighted by molar-refractivity contribution is 6.68. The number of methoxy groups -OCH3 is 2. The zero-order valence-corrected chi connectivity index (χ0v) is 16.9. The van der Waals surface area contributed by atoms with Gasteiger partial charge in [-0.15, -0.1) is 0 Å². The van der Waals surface area contributed by atoms with Gasteiger partial charge in [0.25, 0.3) is 0 Å². The Labute approximate surface area is 163 Å². The van der Waals surface area contributed by atoms with Gasteiger partial charge in [0.15, 0.2) is 0 Å². The van der Waals surface area contributed by atoms with Crippen LogP contribution < -0.4 is 9.47 Å². The van der Waals surface area contributed by atoms with Gasteiger partial charge in [-0.1, -0.05) is 61.1 Å². The molecule has 1 saturated heterocycles. The van der Waals surface area contributed by atoms with Crippen LogP contribution in [0.3, 0.4) is 0 Å². The zero-order valence-electron chi connectivity index (χ0n) is 14.6. The van der Waals surface area contributed by atoms with E-state index in [9.17, 15) is 4.79 Å². The lowest BCUT2D eigenvalue weighted by Crippen LogP contribution is -2.46. The minimum Gasteiger partial charge on any atom is -0.497 e. The molecule has 1 aliphatic rings. The molecule has 2 rings (SSSR count). The van der Waals surface area contributed by atoms with Crippen molar-refractivity contribution in [1.29, 1.82) is 0 Å². The lowest BCUT2D eigenvalue weighted by molar-refractivity contribution is -0.143. The molecule has 0 saturated carbocycles. The fourth-order valence-corrected chi connectivity index (χ4v) is 3.44. The fraction of sp³-hybridized carbons (Fsp3) is 0.588. The van der Waals surface area contributed by atoms with Crippen molar-refractivity contribution in [1.82, 2.24) is 4.90 Å². The number of carbonyl (C=O) groups excluding carboxylic acids is 1. The Hall–Kier alpha value is -0.880. The van der Waals surface area contributed by atoms with Crippen molar-refractivity contribution in [3.63, 3.8) is 0 Å². The van der Waals surface area contributed by atoms with Crippen molar-refractivity contribution < 1.29 is 19.0 Å². The first kappa shape index (κ1) is 20.4. The standard InChI is InChI=1S/C17H22Cl3NO4/c1-5-10(2)14-15(22)25-16(17(18,19)20)21(14)9-11-6-7-12(23-3)8-13(11)24-4/h6-8,10,14,16H,5,9H2,1-4H3. The Morgan fingerprint density at radius 3 is 2.48 bits per heavy atom. The van der Waals surface area contributed by atoms with Crippen molar-refractivity contribution in [2.45, 2.75) is 42.9 Å². The van der Waals surface area contributed by atoms with Gasteiger partial charge in [0.1, 0.15) is 17.5 Å². The summed E-state index contributed by atoms with van der Waals surface area (Å²) < 4.78 is 14.3. The molecule has 25 heavy (non-hydrogen) atoms. The van der Waals surface area contributed by atoms with Crippen LogP contribution >= 0.6 is 34.8 Å². The first-order valence-electron chi connectivity index (χ1n) is 7.96. The molecular formula is C17H22Cl3NO4. The molecule has 0 amide bonds. The van der Waals surface area contributed by atoms with E-state index in [-0.39, 0.29) is 11.9 Å². The molecule has 0 aliphatic carbocycles. The molecule has 1 heterocycles. The van der Waals surface area contributed by atoms with E-state index in [1.165, 1.54) is 0 Å². The van der Waals surface area contributed by atoms with Gasteiger partial charge in [0, 0.05) is 18.2 Å². The number of esters is 1. The Morgan fingerprint density at radius 1 is 1.28 bits per heavy atom. The Balaban J connectivity index is 2.39. The fourth-order valence-electron chi connectivity index (χ4n) is 2.93. The summed E-state index contributed by atoms with van der Waals surface area (Å²) in [5.41, 5.74) is 0.842. The Morgan fingerprint density at radius 2 is 1.96 bits per heavy atom. The van der Waals surface area contributed by atoms with Crippen molar-refractivity contribution in [2.75, 3.05) is 14.2 Å². The van der Waals surface area contributed by atoms with Gasteiger partial charge in [-0.3, -0.25) is 4.79 Å². The van der Waals surface area contributed by atoms with Crippen molar-refractivity contribution in [3.05, 3.63) is 23.8 Å². The molecule has 5 nitrogen and oxygen atoms in total. The van der Waals surface area contributed by atoms with Gasteiger partial charge in [-0.05, 0) is 12.0 Å². The number of halogens is 3. The lowest BCUT2D eigenvalue weighted by atomic mass is 9.97. The third kappa shape index (κ3) is 4.45. The number of hydrogen-bond acceptors (Lipinski definition) is 5. The van der Waals surface area contributed by atoms with E-state index < -0.39 is 16.1 Å². The van der Waals surface area contributed by atoms with Gasteiger partial charge in [0.05, 0.1) is 14.2 Å². The average molecular weight is 411 g/mol. The highest BCUT2D eigenvalue weighted by atomic mass is 35.6. The lowest BCUT2D eigenvalue weighted by Gasteiger charge is -2.32. The van der Waals surface area contributed by atoms with Crippen LogP contribution in [-0.4, -0.2) is 41.2 Å². The highest BCUT2D eigenvalue weighted by Gasteiger charge is 2.52. The maximum atomic E-state index is 12.4. The minimum atomic E-state index is -1.75. The van der Waals surface area contributed by atoms with Gasteiger partial charge >= 0.3 is 5.97 Å². The summed E-state index contributed by atoms with van der Waals surface area (Å²) in [5.74, 6) is 0.975. The van der Waals surface area contributed by atoms with Crippen molar-refractivity contribution in [2.24, 2.45) is 5.92 Å². The molecule has 0 spiro atoms. The van der Waals surface area contributed by atoms with E-state index in [1.807, 2.05) is 26.0 Å². The molecule has 140 valence electrons. The molecule has 1 fully saturated rings. The number of rotatable bonds is 6. The van der Waals surface area contributed by atoms with E-state index in [4.69, 9.17) is 49.0 Å².